The van der Waals surface area contributed by atoms with E-state index in [0.717, 1.165) is 21.0 Å². The highest BCUT2D eigenvalue weighted by atomic mass is 35.5. The van der Waals surface area contributed by atoms with Crippen molar-refractivity contribution in [2.45, 2.75) is 58.1 Å². The van der Waals surface area contributed by atoms with E-state index in [1.165, 1.54) is 17.0 Å². The third-order valence-corrected chi connectivity index (χ3v) is 8.11. The second-order valence-electron chi connectivity index (χ2n) is 9.65. The smallest absolute Gasteiger partial charge is 0.264 e. The molecule has 38 heavy (non-hydrogen) atoms. The minimum atomic E-state index is -4.09. The lowest BCUT2D eigenvalue weighted by Gasteiger charge is -2.32. The van der Waals surface area contributed by atoms with Crippen molar-refractivity contribution >= 4 is 39.1 Å². The van der Waals surface area contributed by atoms with E-state index in [1.54, 1.807) is 67.6 Å². The van der Waals surface area contributed by atoms with Crippen molar-refractivity contribution in [3.05, 3.63) is 94.5 Å². The number of anilines is 1. The molecule has 3 aromatic carbocycles. The first-order chi connectivity index (χ1) is 17.9. The van der Waals surface area contributed by atoms with E-state index in [0.29, 0.717) is 10.7 Å². The molecule has 0 aliphatic carbocycles. The molecule has 0 saturated heterocycles. The van der Waals surface area contributed by atoms with Gasteiger partial charge in [-0.2, -0.15) is 0 Å². The van der Waals surface area contributed by atoms with Gasteiger partial charge in [0.1, 0.15) is 12.6 Å². The van der Waals surface area contributed by atoms with E-state index in [9.17, 15) is 18.0 Å². The zero-order chi connectivity index (χ0) is 28.0. The van der Waals surface area contributed by atoms with Crippen LogP contribution in [0.4, 0.5) is 5.69 Å². The number of halogens is 1. The van der Waals surface area contributed by atoms with Gasteiger partial charge in [-0.25, -0.2) is 8.42 Å². The number of nitrogens with one attached hydrogen (secondary N) is 1. The summed E-state index contributed by atoms with van der Waals surface area (Å²) in [6, 6.07) is 19.4. The summed E-state index contributed by atoms with van der Waals surface area (Å²) in [5.41, 5.74) is 2.99. The molecule has 9 heteroatoms. The summed E-state index contributed by atoms with van der Waals surface area (Å²) in [6.45, 7) is 8.70. The molecular weight excluding hydrogens is 522 g/mol. The largest absolute Gasteiger partial charge is 0.352 e. The normalized spacial score (nSPS) is 12.2. The molecule has 202 valence electrons. The number of amides is 2. The SMILES string of the molecule is Cc1ccc(N(CC(=O)N(Cc2ccc(Cl)cc2)[C@H](C)C(=O)NC(C)C)S(=O)(=O)c2ccc(C)cc2)cc1. The number of hydrogen-bond donors (Lipinski definition) is 1. The average molecular weight is 556 g/mol. The number of nitrogens with zero attached hydrogens (tertiary/aromatic N) is 2. The fourth-order valence-electron chi connectivity index (χ4n) is 3.85. The molecule has 0 spiro atoms. The standard InChI is InChI=1S/C29H34ClN3O4S/c1-20(2)31-29(35)23(5)32(18-24-10-12-25(30)13-11-24)28(34)19-33(26-14-6-21(3)7-15-26)38(36,37)27-16-8-22(4)9-17-27/h6-17,20,23H,18-19H2,1-5H3,(H,31,35)/t23-/m1/s1. The number of aryl methyl sites for hydroxylation is 2. The molecule has 0 aromatic heterocycles. The van der Waals surface area contributed by atoms with Crippen LogP contribution >= 0.6 is 11.6 Å². The summed E-state index contributed by atoms with van der Waals surface area (Å²) in [4.78, 5) is 28.2. The predicted molar refractivity (Wildman–Crippen MR) is 152 cm³/mol. The van der Waals surface area contributed by atoms with E-state index in [1.807, 2.05) is 27.7 Å². The number of benzene rings is 3. The average Bonchev–Trinajstić information content (AvgIpc) is 2.87. The number of hydrogen-bond acceptors (Lipinski definition) is 4. The number of rotatable bonds is 10. The first kappa shape index (κ1) is 29.2. The van der Waals surface area contributed by atoms with Crippen molar-refractivity contribution in [3.63, 3.8) is 0 Å². The summed E-state index contributed by atoms with van der Waals surface area (Å²) in [5.74, 6) is -0.840. The Labute approximate surface area is 230 Å². The maximum atomic E-state index is 13.8. The summed E-state index contributed by atoms with van der Waals surface area (Å²) < 4.78 is 28.7. The van der Waals surface area contributed by atoms with E-state index in [-0.39, 0.29) is 23.4 Å². The van der Waals surface area contributed by atoms with Crippen LogP contribution in [0.25, 0.3) is 0 Å². The van der Waals surface area contributed by atoms with Crippen LogP contribution in [0, 0.1) is 13.8 Å². The Bertz CT molecular complexity index is 1360. The van der Waals surface area contributed by atoms with Crippen LogP contribution in [-0.4, -0.2) is 43.8 Å². The van der Waals surface area contributed by atoms with Gasteiger partial charge in [-0.05, 0) is 76.6 Å². The topological polar surface area (TPSA) is 86.8 Å². The number of carbonyl (C=O) groups is 2. The van der Waals surface area contributed by atoms with Gasteiger partial charge in [0.05, 0.1) is 10.6 Å². The fourth-order valence-corrected chi connectivity index (χ4v) is 5.39. The molecule has 3 aromatic rings. The molecule has 0 aliphatic heterocycles. The summed E-state index contributed by atoms with van der Waals surface area (Å²) in [7, 11) is -4.09. The van der Waals surface area contributed by atoms with Crippen LogP contribution in [-0.2, 0) is 26.2 Å². The van der Waals surface area contributed by atoms with E-state index < -0.39 is 28.5 Å². The number of sulfonamides is 1. The molecule has 0 fully saturated rings. The monoisotopic (exact) mass is 555 g/mol. The van der Waals surface area contributed by atoms with Gasteiger partial charge >= 0.3 is 0 Å². The zero-order valence-corrected chi connectivity index (χ0v) is 23.9. The van der Waals surface area contributed by atoms with Crippen molar-refractivity contribution in [1.29, 1.82) is 0 Å². The lowest BCUT2D eigenvalue weighted by Crippen LogP contribution is -2.52. The minimum absolute atomic E-state index is 0.0753. The van der Waals surface area contributed by atoms with Gasteiger partial charge in [0.2, 0.25) is 11.8 Å². The van der Waals surface area contributed by atoms with Gasteiger partial charge in [-0.15, -0.1) is 0 Å². The van der Waals surface area contributed by atoms with Gasteiger partial charge < -0.3 is 10.2 Å². The molecule has 0 radical (unpaired) electrons. The summed E-state index contributed by atoms with van der Waals surface area (Å²) >= 11 is 6.03. The Morgan fingerprint density at radius 3 is 1.89 bits per heavy atom. The quantitative estimate of drug-likeness (QED) is 0.377. The number of carbonyl (C=O) groups excluding carboxylic acids is 2. The van der Waals surface area contributed by atoms with Gasteiger partial charge in [0, 0.05) is 17.6 Å². The molecule has 0 heterocycles. The highest BCUT2D eigenvalue weighted by Gasteiger charge is 2.32. The fraction of sp³-hybridized carbons (Fsp3) is 0.310. The molecule has 1 N–H and O–H groups in total. The van der Waals surface area contributed by atoms with E-state index >= 15 is 0 Å². The van der Waals surface area contributed by atoms with Crippen molar-refractivity contribution in [3.8, 4) is 0 Å². The Balaban J connectivity index is 2.02. The highest BCUT2D eigenvalue weighted by molar-refractivity contribution is 7.92. The van der Waals surface area contributed by atoms with Crippen molar-refractivity contribution in [1.82, 2.24) is 10.2 Å². The molecule has 0 unspecified atom stereocenters. The second-order valence-corrected chi connectivity index (χ2v) is 11.9. The summed E-state index contributed by atoms with van der Waals surface area (Å²) in [6.07, 6.45) is 0. The predicted octanol–water partition coefficient (Wildman–Crippen LogP) is 5.09. The van der Waals surface area contributed by atoms with Gasteiger partial charge in [-0.1, -0.05) is 59.1 Å². The van der Waals surface area contributed by atoms with Crippen LogP contribution in [0.2, 0.25) is 5.02 Å². The molecule has 7 nitrogen and oxygen atoms in total. The van der Waals surface area contributed by atoms with Crippen LogP contribution in [0.3, 0.4) is 0 Å². The maximum absolute atomic E-state index is 13.8. The van der Waals surface area contributed by atoms with Gasteiger partial charge in [-0.3, -0.25) is 13.9 Å². The van der Waals surface area contributed by atoms with Gasteiger partial charge in [0.25, 0.3) is 10.0 Å². The molecule has 0 aliphatic rings. The van der Waals surface area contributed by atoms with Crippen LogP contribution < -0.4 is 9.62 Å². The highest BCUT2D eigenvalue weighted by Crippen LogP contribution is 2.25. The van der Waals surface area contributed by atoms with Crippen molar-refractivity contribution in [2.75, 3.05) is 10.8 Å². The molecular formula is C29H34ClN3O4S. The van der Waals surface area contributed by atoms with Crippen molar-refractivity contribution in [2.24, 2.45) is 0 Å². The van der Waals surface area contributed by atoms with E-state index in [2.05, 4.69) is 5.32 Å². The maximum Gasteiger partial charge on any atom is 0.264 e. The minimum Gasteiger partial charge on any atom is -0.352 e. The van der Waals surface area contributed by atoms with Crippen LogP contribution in [0.5, 0.6) is 0 Å². The zero-order valence-electron chi connectivity index (χ0n) is 22.3. The Kier molecular flexibility index (Phi) is 9.57. The molecule has 2 amide bonds. The lowest BCUT2D eigenvalue weighted by atomic mass is 10.1. The third-order valence-electron chi connectivity index (χ3n) is 6.07. The molecule has 0 saturated carbocycles. The molecule has 1 atom stereocenters. The molecule has 0 bridgehead atoms. The second kappa shape index (κ2) is 12.5. The Morgan fingerprint density at radius 2 is 1.37 bits per heavy atom. The lowest BCUT2D eigenvalue weighted by molar-refractivity contribution is -0.139. The van der Waals surface area contributed by atoms with Crippen molar-refractivity contribution < 1.29 is 18.0 Å². The van der Waals surface area contributed by atoms with Crippen LogP contribution in [0.15, 0.2) is 77.7 Å². The van der Waals surface area contributed by atoms with Gasteiger partial charge in [0.15, 0.2) is 0 Å². The van der Waals surface area contributed by atoms with Crippen LogP contribution in [0.1, 0.15) is 37.5 Å². The first-order valence-electron chi connectivity index (χ1n) is 12.4. The third kappa shape index (κ3) is 7.36. The Morgan fingerprint density at radius 1 is 0.842 bits per heavy atom. The first-order valence-corrected chi connectivity index (χ1v) is 14.2. The molecule has 3 rings (SSSR count). The Hall–Kier alpha value is -3.36. The summed E-state index contributed by atoms with van der Waals surface area (Å²) in [5, 5.41) is 3.39. The van der Waals surface area contributed by atoms with E-state index in [4.69, 9.17) is 11.6 Å².